The molecule has 1 aromatic carbocycles. The van der Waals surface area contributed by atoms with Crippen LogP contribution in [0.15, 0.2) is 47.8 Å². The number of aryl methyl sites for hydroxylation is 1. The van der Waals surface area contributed by atoms with Crippen LogP contribution in [0, 0.1) is 0 Å². The van der Waals surface area contributed by atoms with E-state index in [0.717, 1.165) is 5.56 Å². The second kappa shape index (κ2) is 8.09. The molecule has 0 aliphatic rings. The first-order chi connectivity index (χ1) is 13.0. The highest BCUT2D eigenvalue weighted by molar-refractivity contribution is 7.99. The third kappa shape index (κ3) is 4.03. The Hall–Kier alpha value is -3.07. The van der Waals surface area contributed by atoms with E-state index < -0.39 is 11.8 Å². The Bertz CT molecular complexity index is 979. The normalized spacial score (nSPS) is 10.6. The number of nitrogens with zero attached hydrogens (tertiary/aromatic N) is 4. The van der Waals surface area contributed by atoms with E-state index in [1.807, 2.05) is 31.3 Å². The number of para-hydroxylation sites is 1. The van der Waals surface area contributed by atoms with Gasteiger partial charge in [0.2, 0.25) is 5.91 Å². The number of hydrogen-bond acceptors (Lipinski definition) is 6. The topological polar surface area (TPSA) is 91.0 Å². The van der Waals surface area contributed by atoms with Crippen LogP contribution in [0.2, 0.25) is 0 Å². The molecule has 2 amide bonds. The predicted molar refractivity (Wildman–Crippen MR) is 102 cm³/mol. The molecule has 0 saturated heterocycles. The van der Waals surface area contributed by atoms with Crippen molar-refractivity contribution in [2.24, 2.45) is 14.1 Å². The van der Waals surface area contributed by atoms with Crippen molar-refractivity contribution in [3.8, 4) is 17.1 Å². The summed E-state index contributed by atoms with van der Waals surface area (Å²) in [5.41, 5.74) is 1.23. The van der Waals surface area contributed by atoms with Gasteiger partial charge in [-0.15, -0.1) is 10.2 Å². The van der Waals surface area contributed by atoms with Gasteiger partial charge >= 0.3 is 0 Å². The second-order valence-corrected chi connectivity index (χ2v) is 6.68. The van der Waals surface area contributed by atoms with Crippen molar-refractivity contribution in [3.63, 3.8) is 0 Å². The molecular weight excluding hydrogens is 366 g/mol. The lowest BCUT2D eigenvalue weighted by Gasteiger charge is -2.08. The van der Waals surface area contributed by atoms with Gasteiger partial charge in [-0.05, 0) is 24.3 Å². The maximum atomic E-state index is 12.1. The van der Waals surface area contributed by atoms with E-state index >= 15 is 0 Å². The first-order valence-electron chi connectivity index (χ1n) is 8.12. The number of nitrogens with one attached hydrogen (secondary N) is 1. The van der Waals surface area contributed by atoms with Crippen molar-refractivity contribution in [2.75, 3.05) is 12.9 Å². The van der Waals surface area contributed by atoms with Crippen LogP contribution >= 0.6 is 11.8 Å². The van der Waals surface area contributed by atoms with Gasteiger partial charge in [-0.3, -0.25) is 14.9 Å². The number of rotatable bonds is 6. The molecule has 0 spiro atoms. The number of ether oxygens (including phenoxy) is 1. The standard InChI is InChI=1S/C18H19N5O3S/c1-22-10-6-8-13(22)17(25)19-15(24)11-27-18-21-20-16(23(18)2)12-7-4-5-9-14(12)26-3/h4-10H,11H2,1-3H3,(H,19,24,25). The molecule has 3 aromatic rings. The number of methoxy groups -OCH3 is 1. The van der Waals surface area contributed by atoms with Crippen LogP contribution < -0.4 is 10.1 Å². The zero-order chi connectivity index (χ0) is 19.4. The molecule has 140 valence electrons. The molecule has 9 heteroatoms. The Balaban J connectivity index is 1.65. The minimum atomic E-state index is -0.430. The van der Waals surface area contributed by atoms with Crippen LogP contribution in [-0.2, 0) is 18.9 Å². The van der Waals surface area contributed by atoms with Crippen molar-refractivity contribution in [1.82, 2.24) is 24.6 Å². The van der Waals surface area contributed by atoms with E-state index in [-0.39, 0.29) is 5.75 Å². The summed E-state index contributed by atoms with van der Waals surface area (Å²) < 4.78 is 8.80. The number of hydrogen-bond donors (Lipinski definition) is 1. The zero-order valence-corrected chi connectivity index (χ0v) is 16.0. The van der Waals surface area contributed by atoms with E-state index in [4.69, 9.17) is 4.74 Å². The number of amides is 2. The predicted octanol–water partition coefficient (Wildman–Crippen LogP) is 1.88. The number of benzene rings is 1. The van der Waals surface area contributed by atoms with Crippen molar-refractivity contribution in [1.29, 1.82) is 0 Å². The van der Waals surface area contributed by atoms with E-state index in [1.165, 1.54) is 11.8 Å². The fraction of sp³-hybridized carbons (Fsp3) is 0.222. The van der Waals surface area contributed by atoms with Crippen LogP contribution in [-0.4, -0.2) is 44.0 Å². The number of imide groups is 1. The Morgan fingerprint density at radius 2 is 1.93 bits per heavy atom. The molecule has 0 atom stereocenters. The molecule has 0 fully saturated rings. The lowest BCUT2D eigenvalue weighted by Crippen LogP contribution is -2.33. The summed E-state index contributed by atoms with van der Waals surface area (Å²) in [7, 11) is 5.16. The van der Waals surface area contributed by atoms with Crippen molar-refractivity contribution in [2.45, 2.75) is 5.16 Å². The van der Waals surface area contributed by atoms with Gasteiger partial charge in [0.1, 0.15) is 11.4 Å². The Labute approximate surface area is 160 Å². The SMILES string of the molecule is COc1ccccc1-c1nnc(SCC(=O)NC(=O)c2cccn2C)n1C. The molecule has 0 radical (unpaired) electrons. The van der Waals surface area contributed by atoms with Gasteiger partial charge in [0.05, 0.1) is 18.4 Å². The number of aromatic nitrogens is 4. The average molecular weight is 385 g/mol. The lowest BCUT2D eigenvalue weighted by atomic mass is 10.2. The Kier molecular flexibility index (Phi) is 5.60. The van der Waals surface area contributed by atoms with Crippen LogP contribution in [0.1, 0.15) is 10.5 Å². The van der Waals surface area contributed by atoms with Gasteiger partial charge < -0.3 is 13.9 Å². The van der Waals surface area contributed by atoms with Crippen LogP contribution in [0.3, 0.4) is 0 Å². The third-order valence-corrected chi connectivity index (χ3v) is 4.96. The summed E-state index contributed by atoms with van der Waals surface area (Å²) in [6.45, 7) is 0. The molecule has 0 aliphatic heterocycles. The highest BCUT2D eigenvalue weighted by Crippen LogP contribution is 2.29. The van der Waals surface area contributed by atoms with Gasteiger partial charge in [-0.1, -0.05) is 23.9 Å². The van der Waals surface area contributed by atoms with Crippen molar-refractivity contribution >= 4 is 23.6 Å². The fourth-order valence-electron chi connectivity index (χ4n) is 2.56. The zero-order valence-electron chi connectivity index (χ0n) is 15.2. The molecule has 27 heavy (non-hydrogen) atoms. The smallest absolute Gasteiger partial charge is 0.274 e. The monoisotopic (exact) mass is 385 g/mol. The first-order valence-corrected chi connectivity index (χ1v) is 9.11. The van der Waals surface area contributed by atoms with Crippen LogP contribution in [0.5, 0.6) is 5.75 Å². The molecule has 2 heterocycles. The number of carbonyl (C=O) groups is 2. The molecule has 0 bridgehead atoms. The number of thioether (sulfide) groups is 1. The minimum Gasteiger partial charge on any atom is -0.496 e. The summed E-state index contributed by atoms with van der Waals surface area (Å²) >= 11 is 1.21. The molecule has 0 aliphatic carbocycles. The average Bonchev–Trinajstić information content (AvgIpc) is 3.25. The molecule has 0 saturated carbocycles. The van der Waals surface area contributed by atoms with Crippen LogP contribution in [0.4, 0.5) is 0 Å². The fourth-order valence-corrected chi connectivity index (χ4v) is 3.27. The van der Waals surface area contributed by atoms with Crippen LogP contribution in [0.25, 0.3) is 11.4 Å². The summed E-state index contributed by atoms with van der Waals surface area (Å²) in [6.07, 6.45) is 1.74. The summed E-state index contributed by atoms with van der Waals surface area (Å²) in [4.78, 5) is 24.1. The maximum Gasteiger partial charge on any atom is 0.274 e. The van der Waals surface area contributed by atoms with E-state index in [9.17, 15) is 9.59 Å². The van der Waals surface area contributed by atoms with E-state index in [2.05, 4.69) is 15.5 Å². The third-order valence-electron chi connectivity index (χ3n) is 3.94. The highest BCUT2D eigenvalue weighted by Gasteiger charge is 2.17. The van der Waals surface area contributed by atoms with Gasteiger partial charge in [0.25, 0.3) is 5.91 Å². The van der Waals surface area contributed by atoms with Gasteiger partial charge in [0, 0.05) is 20.3 Å². The summed E-state index contributed by atoms with van der Waals surface area (Å²) in [5, 5.41) is 11.3. The van der Waals surface area contributed by atoms with E-state index in [0.29, 0.717) is 22.4 Å². The largest absolute Gasteiger partial charge is 0.496 e. The van der Waals surface area contributed by atoms with Crippen molar-refractivity contribution in [3.05, 3.63) is 48.3 Å². The molecule has 3 rings (SSSR count). The Morgan fingerprint density at radius 3 is 2.63 bits per heavy atom. The molecule has 0 unspecified atom stereocenters. The lowest BCUT2D eigenvalue weighted by molar-refractivity contribution is -0.117. The number of carbonyl (C=O) groups excluding carboxylic acids is 2. The molecule has 2 aromatic heterocycles. The second-order valence-electron chi connectivity index (χ2n) is 5.74. The highest BCUT2D eigenvalue weighted by atomic mass is 32.2. The van der Waals surface area contributed by atoms with Gasteiger partial charge in [-0.2, -0.15) is 0 Å². The first kappa shape index (κ1) is 18.7. The van der Waals surface area contributed by atoms with E-state index in [1.54, 1.807) is 41.6 Å². The summed E-state index contributed by atoms with van der Waals surface area (Å²) in [5.74, 6) is 0.549. The van der Waals surface area contributed by atoms with Gasteiger partial charge in [0.15, 0.2) is 11.0 Å². The molecular formula is C18H19N5O3S. The van der Waals surface area contributed by atoms with Gasteiger partial charge in [-0.25, -0.2) is 0 Å². The Morgan fingerprint density at radius 1 is 1.15 bits per heavy atom. The molecule has 8 nitrogen and oxygen atoms in total. The maximum absolute atomic E-state index is 12.1. The molecule has 1 N–H and O–H groups in total. The van der Waals surface area contributed by atoms with Crippen molar-refractivity contribution < 1.29 is 14.3 Å². The summed E-state index contributed by atoms with van der Waals surface area (Å²) in [6, 6.07) is 10.9. The minimum absolute atomic E-state index is 0.0497. The quantitative estimate of drug-likeness (QED) is 0.652.